The summed E-state index contributed by atoms with van der Waals surface area (Å²) < 4.78 is 60.2. The van der Waals surface area contributed by atoms with E-state index in [0.717, 1.165) is 15.6 Å². The normalized spacial score (nSPS) is 15.7. The SMILES string of the molecule is Cc1ccc(N2CCC(C(=O)OC(C)(C)C)CC2)c(NS(=O)(=O)c2ccc(S(=O)(=O)N(C)C)cc2)c1. The lowest BCUT2D eigenvalue weighted by Gasteiger charge is -2.35. The Kier molecular flexibility index (Phi) is 8.07. The zero-order valence-corrected chi connectivity index (χ0v) is 23.2. The van der Waals surface area contributed by atoms with E-state index in [0.29, 0.717) is 31.6 Å². The lowest BCUT2D eigenvalue weighted by molar-refractivity contribution is -0.160. The molecule has 0 unspecified atom stereocenters. The minimum atomic E-state index is -3.98. The van der Waals surface area contributed by atoms with Crippen LogP contribution in [0, 0.1) is 12.8 Å². The van der Waals surface area contributed by atoms with Crippen LogP contribution in [0.2, 0.25) is 0 Å². The lowest BCUT2D eigenvalue weighted by atomic mass is 9.96. The number of ether oxygens (including phenoxy) is 1. The smallest absolute Gasteiger partial charge is 0.309 e. The number of carbonyl (C=O) groups is 1. The van der Waals surface area contributed by atoms with Gasteiger partial charge in [0, 0.05) is 27.2 Å². The number of sulfonamides is 2. The number of piperidine rings is 1. The van der Waals surface area contributed by atoms with E-state index < -0.39 is 25.6 Å². The zero-order chi connectivity index (χ0) is 26.9. The minimum Gasteiger partial charge on any atom is -0.460 e. The van der Waals surface area contributed by atoms with Crippen molar-refractivity contribution in [1.82, 2.24) is 4.31 Å². The largest absolute Gasteiger partial charge is 0.460 e. The Morgan fingerprint density at radius 3 is 2.06 bits per heavy atom. The maximum absolute atomic E-state index is 13.2. The Labute approximate surface area is 214 Å². The summed E-state index contributed by atoms with van der Waals surface area (Å²) in [5, 5.41) is 0. The number of esters is 1. The second-order valence-electron chi connectivity index (χ2n) is 10.2. The van der Waals surface area contributed by atoms with Crippen molar-refractivity contribution in [3.8, 4) is 0 Å². The Morgan fingerprint density at radius 1 is 0.972 bits per heavy atom. The van der Waals surface area contributed by atoms with Crippen molar-refractivity contribution in [2.75, 3.05) is 36.8 Å². The quantitative estimate of drug-likeness (QED) is 0.537. The van der Waals surface area contributed by atoms with Crippen LogP contribution in [0.15, 0.2) is 52.3 Å². The van der Waals surface area contributed by atoms with Gasteiger partial charge in [-0.3, -0.25) is 9.52 Å². The van der Waals surface area contributed by atoms with E-state index in [4.69, 9.17) is 4.74 Å². The minimum absolute atomic E-state index is 0.00977. The molecule has 2 aromatic rings. The van der Waals surface area contributed by atoms with Gasteiger partial charge >= 0.3 is 5.97 Å². The van der Waals surface area contributed by atoms with E-state index in [9.17, 15) is 21.6 Å². The molecule has 3 rings (SSSR count). The van der Waals surface area contributed by atoms with Crippen LogP contribution in [-0.4, -0.2) is 59.9 Å². The molecule has 36 heavy (non-hydrogen) atoms. The molecule has 0 atom stereocenters. The molecule has 0 bridgehead atoms. The van der Waals surface area contributed by atoms with Crippen LogP contribution in [0.3, 0.4) is 0 Å². The van der Waals surface area contributed by atoms with Gasteiger partial charge in [-0.2, -0.15) is 0 Å². The third-order valence-electron chi connectivity index (χ3n) is 5.88. The van der Waals surface area contributed by atoms with Crippen molar-refractivity contribution in [3.63, 3.8) is 0 Å². The average molecular weight is 538 g/mol. The maximum Gasteiger partial charge on any atom is 0.309 e. The molecular formula is C25H35N3O6S2. The number of benzene rings is 2. The molecule has 11 heteroatoms. The number of aryl methyl sites for hydroxylation is 1. The molecule has 1 aliphatic heterocycles. The predicted molar refractivity (Wildman–Crippen MR) is 140 cm³/mol. The molecule has 0 aliphatic carbocycles. The molecular weight excluding hydrogens is 502 g/mol. The molecule has 198 valence electrons. The van der Waals surface area contributed by atoms with Crippen molar-refractivity contribution >= 4 is 37.4 Å². The van der Waals surface area contributed by atoms with Crippen molar-refractivity contribution in [3.05, 3.63) is 48.0 Å². The number of nitrogens with zero attached hydrogens (tertiary/aromatic N) is 2. The number of hydrogen-bond acceptors (Lipinski definition) is 7. The van der Waals surface area contributed by atoms with Crippen LogP contribution >= 0.6 is 0 Å². The van der Waals surface area contributed by atoms with Gasteiger partial charge in [-0.15, -0.1) is 0 Å². The predicted octanol–water partition coefficient (Wildman–Crippen LogP) is 3.60. The zero-order valence-electron chi connectivity index (χ0n) is 21.6. The van der Waals surface area contributed by atoms with Gasteiger partial charge in [0.2, 0.25) is 10.0 Å². The summed E-state index contributed by atoms with van der Waals surface area (Å²) in [4.78, 5) is 14.5. The molecule has 1 saturated heterocycles. The molecule has 1 heterocycles. The van der Waals surface area contributed by atoms with Crippen LogP contribution in [0.5, 0.6) is 0 Å². The summed E-state index contributed by atoms with van der Waals surface area (Å²) in [6.45, 7) is 8.58. The highest BCUT2D eigenvalue weighted by Gasteiger charge is 2.30. The van der Waals surface area contributed by atoms with Gasteiger partial charge in [0.05, 0.1) is 27.1 Å². The number of anilines is 2. The summed E-state index contributed by atoms with van der Waals surface area (Å²) in [6, 6.07) is 10.7. The van der Waals surface area contributed by atoms with Crippen LogP contribution in [-0.2, 0) is 29.6 Å². The van der Waals surface area contributed by atoms with E-state index in [-0.39, 0.29) is 21.7 Å². The van der Waals surface area contributed by atoms with Gasteiger partial charge in [-0.25, -0.2) is 21.1 Å². The topological polar surface area (TPSA) is 113 Å². The number of carbonyl (C=O) groups excluding carboxylic acids is 1. The third-order valence-corrected chi connectivity index (χ3v) is 9.10. The van der Waals surface area contributed by atoms with E-state index in [1.165, 1.54) is 38.4 Å². The van der Waals surface area contributed by atoms with E-state index in [1.807, 2.05) is 39.8 Å². The van der Waals surface area contributed by atoms with Gasteiger partial charge in [0.15, 0.2) is 0 Å². The Morgan fingerprint density at radius 2 is 1.53 bits per heavy atom. The maximum atomic E-state index is 13.2. The first-order valence-corrected chi connectivity index (χ1v) is 14.7. The van der Waals surface area contributed by atoms with E-state index >= 15 is 0 Å². The van der Waals surface area contributed by atoms with Gasteiger partial charge < -0.3 is 9.64 Å². The summed E-state index contributed by atoms with van der Waals surface area (Å²) >= 11 is 0. The van der Waals surface area contributed by atoms with Crippen molar-refractivity contribution in [2.45, 2.75) is 55.9 Å². The number of nitrogens with one attached hydrogen (secondary N) is 1. The first-order chi connectivity index (χ1) is 16.6. The van der Waals surface area contributed by atoms with Crippen molar-refractivity contribution < 1.29 is 26.4 Å². The van der Waals surface area contributed by atoms with Gasteiger partial charge in [0.25, 0.3) is 10.0 Å². The van der Waals surface area contributed by atoms with E-state index in [2.05, 4.69) is 9.62 Å². The first kappa shape index (κ1) is 27.9. The van der Waals surface area contributed by atoms with Gasteiger partial charge in [0.1, 0.15) is 5.60 Å². The standard InChI is InChI=1S/C25H35N3O6S2/c1-18-7-12-23(28-15-13-19(14-16-28)24(29)34-25(2,3)4)22(17-18)26-35(30,31)20-8-10-21(11-9-20)36(32,33)27(5)6/h7-12,17,19,26H,13-16H2,1-6H3. The third kappa shape index (κ3) is 6.57. The fourth-order valence-corrected chi connectivity index (χ4v) is 5.92. The highest BCUT2D eigenvalue weighted by molar-refractivity contribution is 7.92. The lowest BCUT2D eigenvalue weighted by Crippen LogP contribution is -2.39. The van der Waals surface area contributed by atoms with Crippen molar-refractivity contribution in [1.29, 1.82) is 0 Å². The van der Waals surface area contributed by atoms with E-state index in [1.54, 1.807) is 6.07 Å². The van der Waals surface area contributed by atoms with Crippen LogP contribution in [0.1, 0.15) is 39.2 Å². The summed E-state index contributed by atoms with van der Waals surface area (Å²) in [5.74, 6) is -0.394. The van der Waals surface area contributed by atoms with Gasteiger partial charge in [-0.05, 0) is 82.5 Å². The fraction of sp³-hybridized carbons (Fsp3) is 0.480. The Hall–Kier alpha value is -2.63. The van der Waals surface area contributed by atoms with Crippen molar-refractivity contribution in [2.24, 2.45) is 5.92 Å². The summed E-state index contributed by atoms with van der Waals surface area (Å²) in [5.41, 5.74) is 1.49. The molecule has 0 spiro atoms. The van der Waals surface area contributed by atoms with Gasteiger partial charge in [-0.1, -0.05) is 6.07 Å². The van der Waals surface area contributed by atoms with Crippen LogP contribution < -0.4 is 9.62 Å². The molecule has 1 aliphatic rings. The molecule has 0 saturated carbocycles. The molecule has 9 nitrogen and oxygen atoms in total. The summed E-state index contributed by atoms with van der Waals surface area (Å²) in [7, 11) is -4.82. The molecule has 1 N–H and O–H groups in total. The average Bonchev–Trinajstić information content (AvgIpc) is 2.78. The fourth-order valence-electron chi connectivity index (χ4n) is 3.95. The molecule has 1 fully saturated rings. The van der Waals surface area contributed by atoms with Crippen LogP contribution in [0.4, 0.5) is 11.4 Å². The second-order valence-corrected chi connectivity index (χ2v) is 14.0. The number of hydrogen-bond donors (Lipinski definition) is 1. The highest BCUT2D eigenvalue weighted by atomic mass is 32.2. The Balaban J connectivity index is 1.79. The molecule has 0 aromatic heterocycles. The first-order valence-electron chi connectivity index (χ1n) is 11.7. The highest BCUT2D eigenvalue weighted by Crippen LogP contribution is 2.33. The summed E-state index contributed by atoms with van der Waals surface area (Å²) in [6.07, 6.45) is 1.22. The monoisotopic (exact) mass is 537 g/mol. The number of rotatable bonds is 7. The molecule has 0 radical (unpaired) electrons. The molecule has 0 amide bonds. The second kappa shape index (κ2) is 10.4. The van der Waals surface area contributed by atoms with Crippen LogP contribution in [0.25, 0.3) is 0 Å². The molecule has 2 aromatic carbocycles. The Bertz CT molecular complexity index is 1310.